The van der Waals surface area contributed by atoms with Crippen molar-refractivity contribution in [3.63, 3.8) is 0 Å². The number of nitriles is 1. The van der Waals surface area contributed by atoms with Crippen LogP contribution in [0.25, 0.3) is 27.5 Å². The normalized spacial score (nSPS) is 12.7. The van der Waals surface area contributed by atoms with Crippen LogP contribution in [0.15, 0.2) is 170 Å². The summed E-state index contributed by atoms with van der Waals surface area (Å²) in [4.78, 5) is 4.19. The van der Waals surface area contributed by atoms with Crippen LogP contribution >= 0.6 is 0 Å². The number of nitrogens with zero attached hydrogens (tertiary/aromatic N) is 4. The van der Waals surface area contributed by atoms with Crippen LogP contribution in [0.1, 0.15) is 16.7 Å². The van der Waals surface area contributed by atoms with Gasteiger partial charge >= 0.3 is 5.92 Å². The molecule has 1 aliphatic heterocycles. The van der Waals surface area contributed by atoms with Crippen LogP contribution in [0.3, 0.4) is 0 Å². The van der Waals surface area contributed by atoms with Gasteiger partial charge in [0.25, 0.3) is 0 Å². The van der Waals surface area contributed by atoms with E-state index in [9.17, 15) is 5.26 Å². The van der Waals surface area contributed by atoms with E-state index in [0.29, 0.717) is 22.3 Å². The maximum atomic E-state index is 17.0. The van der Waals surface area contributed by atoms with E-state index >= 15 is 8.78 Å². The Balaban J connectivity index is 1.38. The molecule has 0 radical (unpaired) electrons. The molecular weight excluding hydrogens is 623 g/mol. The van der Waals surface area contributed by atoms with Crippen LogP contribution in [0, 0.1) is 11.3 Å². The predicted octanol–water partition coefficient (Wildman–Crippen LogP) is 12.0. The summed E-state index contributed by atoms with van der Waals surface area (Å²) in [6, 6.07) is 56.3. The van der Waals surface area contributed by atoms with Crippen molar-refractivity contribution < 1.29 is 8.78 Å². The molecule has 0 spiro atoms. The number of hydrogen-bond donors (Lipinski definition) is 0. The van der Waals surface area contributed by atoms with Gasteiger partial charge < -0.3 is 14.4 Å². The fraction of sp³-hybridized carbons (Fsp3) is 0.0227. The number of alkyl halides is 2. The van der Waals surface area contributed by atoms with Gasteiger partial charge in [0.1, 0.15) is 0 Å². The average Bonchev–Trinajstić information content (AvgIpc) is 3.49. The van der Waals surface area contributed by atoms with Gasteiger partial charge in [-0.25, -0.2) is 0 Å². The van der Waals surface area contributed by atoms with Gasteiger partial charge in [0.2, 0.25) is 0 Å². The minimum Gasteiger partial charge on any atom is -0.310 e. The van der Waals surface area contributed by atoms with E-state index < -0.39 is 5.92 Å². The SMILES string of the molecule is N#Cc1ccc2c(c1)C(F)(F)c1cc(N(c3ccccc3)c3ccccc3)cc3c4cc(N(c5ccccc5)c5ccccc5)ccc4n-2c13. The summed E-state index contributed by atoms with van der Waals surface area (Å²) in [6.07, 6.45) is 0. The van der Waals surface area contributed by atoms with Crippen molar-refractivity contribution in [2.45, 2.75) is 5.92 Å². The van der Waals surface area contributed by atoms with Gasteiger partial charge in [-0.1, -0.05) is 72.8 Å². The second kappa shape index (κ2) is 11.5. The third kappa shape index (κ3) is 4.56. The van der Waals surface area contributed by atoms with Crippen LogP contribution < -0.4 is 9.80 Å². The number of anilines is 6. The molecule has 0 bridgehead atoms. The fourth-order valence-corrected chi connectivity index (χ4v) is 7.28. The number of fused-ring (bicyclic) bond motifs is 5. The Kier molecular flexibility index (Phi) is 6.75. The summed E-state index contributed by atoms with van der Waals surface area (Å²) < 4.78 is 36.0. The first kappa shape index (κ1) is 29.4. The average molecular weight is 651 g/mol. The molecule has 0 amide bonds. The van der Waals surface area contributed by atoms with Gasteiger partial charge in [0.15, 0.2) is 0 Å². The Bertz CT molecular complexity index is 2500. The first-order valence-electron chi connectivity index (χ1n) is 16.4. The molecule has 0 unspecified atom stereocenters. The highest BCUT2D eigenvalue weighted by molar-refractivity contribution is 6.14. The molecule has 9 rings (SSSR count). The zero-order valence-corrected chi connectivity index (χ0v) is 26.7. The van der Waals surface area contributed by atoms with Gasteiger partial charge in [0, 0.05) is 44.9 Å². The maximum absolute atomic E-state index is 17.0. The van der Waals surface area contributed by atoms with Gasteiger partial charge in [0.05, 0.1) is 39.5 Å². The molecule has 2 heterocycles. The minimum absolute atomic E-state index is 0.106. The molecule has 0 saturated carbocycles. The van der Waals surface area contributed by atoms with E-state index in [1.54, 1.807) is 18.2 Å². The van der Waals surface area contributed by atoms with Gasteiger partial charge in [-0.15, -0.1) is 0 Å². The summed E-state index contributed by atoms with van der Waals surface area (Å²) in [7, 11) is 0. The lowest BCUT2D eigenvalue weighted by atomic mass is 9.91. The van der Waals surface area contributed by atoms with Crippen molar-refractivity contribution in [3.05, 3.63) is 187 Å². The Morgan fingerprint density at radius 2 is 0.980 bits per heavy atom. The Labute approximate surface area is 287 Å². The third-order valence-electron chi connectivity index (χ3n) is 9.45. The minimum atomic E-state index is -3.37. The first-order valence-corrected chi connectivity index (χ1v) is 16.4. The van der Waals surface area contributed by atoms with E-state index in [2.05, 4.69) is 41.3 Å². The molecule has 0 N–H and O–H groups in total. The Hall–Kier alpha value is -6.71. The van der Waals surface area contributed by atoms with E-state index in [1.165, 1.54) is 6.07 Å². The van der Waals surface area contributed by atoms with Gasteiger partial charge in [-0.2, -0.15) is 14.0 Å². The highest BCUT2D eigenvalue weighted by Crippen LogP contribution is 2.52. The monoisotopic (exact) mass is 650 g/mol. The Morgan fingerprint density at radius 1 is 0.480 bits per heavy atom. The number of para-hydroxylation sites is 4. The smallest absolute Gasteiger partial charge is 0.302 e. The molecular formula is C44H28F2N4. The van der Waals surface area contributed by atoms with E-state index in [1.807, 2.05) is 125 Å². The highest BCUT2D eigenvalue weighted by atomic mass is 19.3. The van der Waals surface area contributed by atoms with Crippen molar-refractivity contribution in [1.82, 2.24) is 4.57 Å². The molecule has 7 aromatic carbocycles. The number of benzene rings is 7. The van der Waals surface area contributed by atoms with E-state index in [4.69, 9.17) is 0 Å². The summed E-state index contributed by atoms with van der Waals surface area (Å²) in [5, 5.41) is 11.3. The second-order valence-electron chi connectivity index (χ2n) is 12.4. The maximum Gasteiger partial charge on any atom is 0.302 e. The topological polar surface area (TPSA) is 35.2 Å². The van der Waals surface area contributed by atoms with Gasteiger partial charge in [-0.05, 0) is 97.1 Å². The van der Waals surface area contributed by atoms with Crippen LogP contribution in [-0.4, -0.2) is 4.57 Å². The van der Waals surface area contributed by atoms with E-state index in [0.717, 1.165) is 39.3 Å². The van der Waals surface area contributed by atoms with Crippen molar-refractivity contribution >= 4 is 55.9 Å². The largest absolute Gasteiger partial charge is 0.310 e. The molecule has 1 aliphatic rings. The molecule has 0 saturated heterocycles. The number of rotatable bonds is 6. The van der Waals surface area contributed by atoms with Crippen LogP contribution in [0.5, 0.6) is 0 Å². The summed E-state index contributed by atoms with van der Waals surface area (Å²) >= 11 is 0. The number of hydrogen-bond acceptors (Lipinski definition) is 3. The van der Waals surface area contributed by atoms with Crippen LogP contribution in [0.2, 0.25) is 0 Å². The molecule has 50 heavy (non-hydrogen) atoms. The van der Waals surface area contributed by atoms with E-state index in [-0.39, 0.29) is 16.7 Å². The van der Waals surface area contributed by atoms with Crippen molar-refractivity contribution in [2.24, 2.45) is 0 Å². The van der Waals surface area contributed by atoms with Gasteiger partial charge in [-0.3, -0.25) is 0 Å². The lowest BCUT2D eigenvalue weighted by Crippen LogP contribution is -2.24. The zero-order chi connectivity index (χ0) is 33.8. The number of halogens is 2. The molecule has 0 fully saturated rings. The lowest BCUT2D eigenvalue weighted by Gasteiger charge is -2.31. The Morgan fingerprint density at radius 3 is 1.50 bits per heavy atom. The highest BCUT2D eigenvalue weighted by Gasteiger charge is 2.44. The molecule has 238 valence electrons. The van der Waals surface area contributed by atoms with Crippen molar-refractivity contribution in [3.8, 4) is 11.8 Å². The van der Waals surface area contributed by atoms with Crippen LogP contribution in [-0.2, 0) is 5.92 Å². The summed E-state index contributed by atoms with van der Waals surface area (Å²) in [6.45, 7) is 0. The standard InChI is InChI=1S/C44H28F2N4/c45-44(46)39-25-30(29-47)21-23-42(39)50-41-24-22-35(48(31-13-5-1-6-14-31)32-15-7-2-8-16-32)26-37(41)38-27-36(28-40(44)43(38)50)49(33-17-9-3-10-18-33)34-19-11-4-12-20-34/h1-28H. The lowest BCUT2D eigenvalue weighted by molar-refractivity contribution is 0.0426. The molecule has 0 atom stereocenters. The first-order chi connectivity index (χ1) is 24.5. The summed E-state index contributed by atoms with van der Waals surface area (Å²) in [5.74, 6) is -3.37. The molecule has 1 aromatic heterocycles. The quantitative estimate of drug-likeness (QED) is 0.180. The van der Waals surface area contributed by atoms with Crippen molar-refractivity contribution in [1.29, 1.82) is 5.26 Å². The zero-order valence-electron chi connectivity index (χ0n) is 26.7. The van der Waals surface area contributed by atoms with Crippen molar-refractivity contribution in [2.75, 3.05) is 9.80 Å². The fourth-order valence-electron chi connectivity index (χ4n) is 7.28. The summed E-state index contributed by atoms with van der Waals surface area (Å²) in [5.41, 5.74) is 6.68. The predicted molar refractivity (Wildman–Crippen MR) is 198 cm³/mol. The van der Waals surface area contributed by atoms with Crippen LogP contribution in [0.4, 0.5) is 42.9 Å². The molecule has 0 aliphatic carbocycles. The molecule has 6 heteroatoms. The molecule has 4 nitrogen and oxygen atoms in total. The second-order valence-corrected chi connectivity index (χ2v) is 12.4. The number of aromatic nitrogens is 1. The third-order valence-corrected chi connectivity index (χ3v) is 9.45. The molecule has 8 aromatic rings.